The van der Waals surface area contributed by atoms with E-state index in [1.165, 1.54) is 25.1 Å². The number of carbonyl (C=O) groups excluding carboxylic acids is 3. The summed E-state index contributed by atoms with van der Waals surface area (Å²) in [5, 5.41) is 15.8. The predicted octanol–water partition coefficient (Wildman–Crippen LogP) is 1.96. The van der Waals surface area contributed by atoms with Gasteiger partial charge in [0.1, 0.15) is 6.04 Å². The molecule has 0 radical (unpaired) electrons. The molecule has 0 aliphatic heterocycles. The molecule has 1 atom stereocenters. The largest absolute Gasteiger partial charge is 0.454 e. The molecule has 0 heterocycles. The lowest BCUT2D eigenvalue weighted by atomic mass is 10.2. The van der Waals surface area contributed by atoms with Gasteiger partial charge in [-0.1, -0.05) is 6.07 Å². The Morgan fingerprint density at radius 1 is 1.13 bits per heavy atom. The Morgan fingerprint density at radius 2 is 1.80 bits per heavy atom. The van der Waals surface area contributed by atoms with Crippen molar-refractivity contribution in [3.05, 3.63) is 64.2 Å². The van der Waals surface area contributed by atoms with Crippen molar-refractivity contribution in [2.24, 2.45) is 0 Å². The number of hydrogen-bond donors (Lipinski definition) is 2. The first-order valence-electron chi connectivity index (χ1n) is 8.96. The summed E-state index contributed by atoms with van der Waals surface area (Å²) in [5.41, 5.74) is 1.30. The van der Waals surface area contributed by atoms with Gasteiger partial charge in [0.2, 0.25) is 0 Å². The van der Waals surface area contributed by atoms with Crippen molar-refractivity contribution in [3.8, 4) is 0 Å². The summed E-state index contributed by atoms with van der Waals surface area (Å²) in [6.45, 7) is 0.862. The monoisotopic (exact) mass is 414 g/mol. The zero-order chi connectivity index (χ0) is 22.3. The zero-order valence-electron chi connectivity index (χ0n) is 16.7. The predicted molar refractivity (Wildman–Crippen MR) is 110 cm³/mol. The van der Waals surface area contributed by atoms with E-state index < -0.39 is 35.4 Å². The topological polar surface area (TPSA) is 131 Å². The van der Waals surface area contributed by atoms with Crippen LogP contribution in [0.25, 0.3) is 0 Å². The maximum absolute atomic E-state index is 12.2. The quantitative estimate of drug-likeness (QED) is 0.383. The van der Waals surface area contributed by atoms with Gasteiger partial charge in [-0.05, 0) is 37.3 Å². The summed E-state index contributed by atoms with van der Waals surface area (Å²) in [6, 6.07) is 11.1. The first-order valence-corrected chi connectivity index (χ1v) is 8.96. The van der Waals surface area contributed by atoms with Crippen molar-refractivity contribution in [2.75, 3.05) is 30.9 Å². The number of rotatable bonds is 8. The number of nitrogens with one attached hydrogen (secondary N) is 2. The average molecular weight is 414 g/mol. The number of benzene rings is 2. The van der Waals surface area contributed by atoms with Crippen molar-refractivity contribution in [3.63, 3.8) is 0 Å². The summed E-state index contributed by atoms with van der Waals surface area (Å²) in [5.74, 6) is -2.02. The van der Waals surface area contributed by atoms with E-state index in [1.54, 1.807) is 12.1 Å². The van der Waals surface area contributed by atoms with Crippen LogP contribution in [0.2, 0.25) is 0 Å². The maximum Gasteiger partial charge on any atom is 0.328 e. The first kappa shape index (κ1) is 22.3. The molecular formula is C20H22N4O6. The molecule has 2 aromatic carbocycles. The standard InChI is InChI=1S/C20H22N4O6/c1-13(21-19(26)14-5-4-6-17(11-14)24(28)29)20(27)30-12-18(25)22-15-7-9-16(10-8-15)23(2)3/h4-11,13H,12H2,1-3H3,(H,21,26)(H,22,25)/t13-/m0/s1. The number of nitrogens with zero attached hydrogens (tertiary/aromatic N) is 2. The Balaban J connectivity index is 1.83. The number of amides is 2. The second-order valence-electron chi connectivity index (χ2n) is 6.60. The van der Waals surface area contributed by atoms with Crippen LogP contribution in [0.15, 0.2) is 48.5 Å². The molecule has 10 heteroatoms. The lowest BCUT2D eigenvalue weighted by molar-refractivity contribution is -0.384. The molecule has 30 heavy (non-hydrogen) atoms. The molecule has 0 bridgehead atoms. The van der Waals surface area contributed by atoms with Crippen LogP contribution in [0.3, 0.4) is 0 Å². The number of anilines is 2. The van der Waals surface area contributed by atoms with E-state index in [1.807, 2.05) is 31.1 Å². The molecule has 158 valence electrons. The fraction of sp³-hybridized carbons (Fsp3) is 0.250. The van der Waals surface area contributed by atoms with Crippen molar-refractivity contribution in [1.82, 2.24) is 5.32 Å². The normalized spacial score (nSPS) is 11.2. The molecule has 2 rings (SSSR count). The van der Waals surface area contributed by atoms with Crippen LogP contribution >= 0.6 is 0 Å². The van der Waals surface area contributed by atoms with Gasteiger partial charge in [-0.3, -0.25) is 19.7 Å². The fourth-order valence-corrected chi connectivity index (χ4v) is 2.40. The molecule has 0 spiro atoms. The van der Waals surface area contributed by atoms with Crippen molar-refractivity contribution in [2.45, 2.75) is 13.0 Å². The van der Waals surface area contributed by atoms with Gasteiger partial charge in [0.15, 0.2) is 6.61 Å². The summed E-state index contributed by atoms with van der Waals surface area (Å²) < 4.78 is 4.92. The van der Waals surface area contributed by atoms with Gasteiger partial charge >= 0.3 is 5.97 Å². The van der Waals surface area contributed by atoms with Gasteiger partial charge in [-0.25, -0.2) is 4.79 Å². The molecule has 0 unspecified atom stereocenters. The number of nitro benzene ring substituents is 1. The number of esters is 1. The number of carbonyl (C=O) groups is 3. The summed E-state index contributed by atoms with van der Waals surface area (Å²) in [6.07, 6.45) is 0. The maximum atomic E-state index is 12.2. The molecule has 10 nitrogen and oxygen atoms in total. The minimum Gasteiger partial charge on any atom is -0.454 e. The van der Waals surface area contributed by atoms with Crippen LogP contribution in [0.1, 0.15) is 17.3 Å². The van der Waals surface area contributed by atoms with Gasteiger partial charge in [-0.2, -0.15) is 0 Å². The van der Waals surface area contributed by atoms with Crippen molar-refractivity contribution >= 4 is 34.8 Å². The molecule has 2 aromatic rings. The van der Waals surface area contributed by atoms with E-state index in [4.69, 9.17) is 4.74 Å². The Bertz CT molecular complexity index is 943. The second-order valence-corrected chi connectivity index (χ2v) is 6.60. The van der Waals surface area contributed by atoms with Crippen LogP contribution in [0.5, 0.6) is 0 Å². The number of hydrogen-bond acceptors (Lipinski definition) is 7. The Hall–Kier alpha value is -3.95. The first-order chi connectivity index (χ1) is 14.2. The van der Waals surface area contributed by atoms with Crippen molar-refractivity contribution in [1.29, 1.82) is 0 Å². The summed E-state index contributed by atoms with van der Waals surface area (Å²) >= 11 is 0. The second kappa shape index (κ2) is 10.0. The van der Waals surface area contributed by atoms with Crippen LogP contribution in [-0.2, 0) is 14.3 Å². The molecule has 2 N–H and O–H groups in total. The molecule has 0 saturated heterocycles. The van der Waals surface area contributed by atoms with Crippen LogP contribution in [0, 0.1) is 10.1 Å². The summed E-state index contributed by atoms with van der Waals surface area (Å²) in [7, 11) is 3.79. The van der Waals surface area contributed by atoms with Gasteiger partial charge in [0, 0.05) is 43.2 Å². The van der Waals surface area contributed by atoms with Gasteiger partial charge in [0.05, 0.1) is 4.92 Å². The molecule has 0 aliphatic rings. The van der Waals surface area contributed by atoms with Gasteiger partial charge in [-0.15, -0.1) is 0 Å². The third-order valence-electron chi connectivity index (χ3n) is 4.03. The van der Waals surface area contributed by atoms with E-state index in [2.05, 4.69) is 10.6 Å². The molecular weight excluding hydrogens is 392 g/mol. The number of ether oxygens (including phenoxy) is 1. The van der Waals surface area contributed by atoms with E-state index >= 15 is 0 Å². The molecule has 0 aliphatic carbocycles. The third kappa shape index (κ3) is 6.30. The highest BCUT2D eigenvalue weighted by molar-refractivity contribution is 5.98. The number of nitro groups is 1. The molecule has 2 amide bonds. The average Bonchev–Trinajstić information content (AvgIpc) is 2.72. The van der Waals surface area contributed by atoms with Crippen LogP contribution < -0.4 is 15.5 Å². The van der Waals surface area contributed by atoms with Crippen LogP contribution in [-0.4, -0.2) is 49.5 Å². The van der Waals surface area contributed by atoms with Crippen LogP contribution in [0.4, 0.5) is 17.1 Å². The molecule has 0 saturated carbocycles. The highest BCUT2D eigenvalue weighted by atomic mass is 16.6. The van der Waals surface area contributed by atoms with Crippen molar-refractivity contribution < 1.29 is 24.0 Å². The lowest BCUT2D eigenvalue weighted by Gasteiger charge is -2.14. The minimum atomic E-state index is -1.05. The van der Waals surface area contributed by atoms with E-state index in [-0.39, 0.29) is 11.3 Å². The number of non-ortho nitro benzene ring substituents is 1. The van der Waals surface area contributed by atoms with Gasteiger partial charge in [0.25, 0.3) is 17.5 Å². The van der Waals surface area contributed by atoms with E-state index in [0.717, 1.165) is 11.8 Å². The Labute approximate surface area is 173 Å². The van der Waals surface area contributed by atoms with Gasteiger partial charge < -0.3 is 20.3 Å². The highest BCUT2D eigenvalue weighted by Crippen LogP contribution is 2.15. The zero-order valence-corrected chi connectivity index (χ0v) is 16.7. The molecule has 0 aromatic heterocycles. The SMILES string of the molecule is C[C@H](NC(=O)c1cccc([N+](=O)[O-])c1)C(=O)OCC(=O)Nc1ccc(N(C)C)cc1. The third-order valence-corrected chi connectivity index (χ3v) is 4.03. The molecule has 0 fully saturated rings. The Morgan fingerprint density at radius 3 is 2.40 bits per heavy atom. The summed E-state index contributed by atoms with van der Waals surface area (Å²) in [4.78, 5) is 48.2. The van der Waals surface area contributed by atoms with E-state index in [0.29, 0.717) is 5.69 Å². The fourth-order valence-electron chi connectivity index (χ4n) is 2.40. The minimum absolute atomic E-state index is 0.0303. The smallest absolute Gasteiger partial charge is 0.328 e. The van der Waals surface area contributed by atoms with E-state index in [9.17, 15) is 24.5 Å². The Kier molecular flexibility index (Phi) is 7.45. The highest BCUT2D eigenvalue weighted by Gasteiger charge is 2.20. The lowest BCUT2D eigenvalue weighted by Crippen LogP contribution is -2.40.